The maximum absolute atomic E-state index is 5.85. The van der Waals surface area contributed by atoms with Crippen LogP contribution >= 0.6 is 23.4 Å². The topological polar surface area (TPSA) is 34.2 Å². The van der Waals surface area contributed by atoms with Crippen LogP contribution in [0.3, 0.4) is 0 Å². The predicted octanol–water partition coefficient (Wildman–Crippen LogP) is 3.23. The molecule has 0 aliphatic carbocycles. The van der Waals surface area contributed by atoms with Crippen molar-refractivity contribution in [3.05, 3.63) is 23.4 Å². The van der Waals surface area contributed by atoms with Gasteiger partial charge in [0.25, 0.3) is 0 Å². The Hall–Kier alpha value is -0.290. The number of thioether (sulfide) groups is 1. The van der Waals surface area contributed by atoms with Gasteiger partial charge in [0, 0.05) is 30.5 Å². The average Bonchev–Trinajstić information content (AvgIpc) is 2.95. The molecule has 0 amide bonds. The van der Waals surface area contributed by atoms with Gasteiger partial charge in [-0.3, -0.25) is 0 Å². The molecule has 1 aliphatic rings. The van der Waals surface area contributed by atoms with E-state index in [0.717, 1.165) is 43.4 Å². The number of hydrogen-bond donors (Lipinski definition) is 1. The van der Waals surface area contributed by atoms with Crippen LogP contribution in [0.5, 0.6) is 0 Å². The minimum atomic E-state index is 0.505. The van der Waals surface area contributed by atoms with Gasteiger partial charge < -0.3 is 10.1 Å². The number of rotatable bonds is 7. The highest BCUT2D eigenvalue weighted by Crippen LogP contribution is 2.24. The van der Waals surface area contributed by atoms with Gasteiger partial charge in [0.2, 0.25) is 0 Å². The number of halogens is 1. The Bertz CT molecular complexity index is 368. The summed E-state index contributed by atoms with van der Waals surface area (Å²) in [7, 11) is 0. The molecule has 1 aromatic heterocycles. The number of pyridine rings is 1. The Morgan fingerprint density at radius 1 is 1.58 bits per heavy atom. The van der Waals surface area contributed by atoms with Gasteiger partial charge in [0.15, 0.2) is 0 Å². The molecule has 0 bridgehead atoms. The van der Waals surface area contributed by atoms with Gasteiger partial charge in [-0.25, -0.2) is 4.98 Å². The average molecular weight is 301 g/mol. The van der Waals surface area contributed by atoms with Crippen molar-refractivity contribution in [3.8, 4) is 0 Å². The summed E-state index contributed by atoms with van der Waals surface area (Å²) in [6, 6.07) is 4.38. The molecule has 2 heterocycles. The van der Waals surface area contributed by atoms with E-state index in [4.69, 9.17) is 16.3 Å². The van der Waals surface area contributed by atoms with Crippen molar-refractivity contribution in [2.24, 2.45) is 5.92 Å². The highest BCUT2D eigenvalue weighted by molar-refractivity contribution is 7.99. The summed E-state index contributed by atoms with van der Waals surface area (Å²) < 4.78 is 5.50. The van der Waals surface area contributed by atoms with Crippen molar-refractivity contribution >= 4 is 23.4 Å². The van der Waals surface area contributed by atoms with Gasteiger partial charge in [-0.1, -0.05) is 18.5 Å². The van der Waals surface area contributed by atoms with Crippen molar-refractivity contribution in [2.75, 3.05) is 25.5 Å². The molecule has 1 aliphatic heterocycles. The molecule has 2 unspecified atom stereocenters. The van der Waals surface area contributed by atoms with Crippen LogP contribution in [-0.4, -0.2) is 36.5 Å². The fourth-order valence-electron chi connectivity index (χ4n) is 2.18. The maximum Gasteiger partial charge on any atom is 0.0961 e. The number of nitrogens with one attached hydrogen (secondary N) is 1. The second-order valence-corrected chi connectivity index (χ2v) is 6.29. The molecule has 1 fully saturated rings. The molecule has 5 heteroatoms. The minimum absolute atomic E-state index is 0.505. The summed E-state index contributed by atoms with van der Waals surface area (Å²) in [6.07, 6.45) is 4.03. The standard InChI is InChI=1S/C14H21ClN2OS/c1-2-6-16-13(11-5-7-18-9-11)10-19-14-4-3-12(15)8-17-14/h3-4,8,11,13,16H,2,5-7,9-10H2,1H3. The predicted molar refractivity (Wildman–Crippen MR) is 81.0 cm³/mol. The largest absolute Gasteiger partial charge is 0.381 e. The Morgan fingerprint density at radius 2 is 2.47 bits per heavy atom. The quantitative estimate of drug-likeness (QED) is 0.784. The third-order valence-corrected chi connectivity index (χ3v) is 4.59. The first-order valence-corrected chi connectivity index (χ1v) is 8.21. The Morgan fingerprint density at radius 3 is 3.11 bits per heavy atom. The smallest absolute Gasteiger partial charge is 0.0961 e. The van der Waals surface area contributed by atoms with E-state index in [0.29, 0.717) is 17.0 Å². The molecule has 0 aromatic carbocycles. The fraction of sp³-hybridized carbons (Fsp3) is 0.643. The molecule has 0 saturated carbocycles. The van der Waals surface area contributed by atoms with Gasteiger partial charge in [-0.2, -0.15) is 0 Å². The van der Waals surface area contributed by atoms with E-state index in [2.05, 4.69) is 17.2 Å². The second kappa shape index (κ2) is 8.10. The van der Waals surface area contributed by atoms with E-state index < -0.39 is 0 Å². The fourth-order valence-corrected chi connectivity index (χ4v) is 3.33. The van der Waals surface area contributed by atoms with E-state index in [9.17, 15) is 0 Å². The van der Waals surface area contributed by atoms with Gasteiger partial charge >= 0.3 is 0 Å². The van der Waals surface area contributed by atoms with Gasteiger partial charge in [-0.15, -0.1) is 11.8 Å². The number of nitrogens with zero attached hydrogens (tertiary/aromatic N) is 1. The van der Waals surface area contributed by atoms with Crippen LogP contribution in [0.1, 0.15) is 19.8 Å². The lowest BCUT2D eigenvalue weighted by Crippen LogP contribution is -2.39. The summed E-state index contributed by atoms with van der Waals surface area (Å²) in [5.41, 5.74) is 0. The zero-order valence-corrected chi connectivity index (χ0v) is 12.8. The Kier molecular flexibility index (Phi) is 6.44. The zero-order chi connectivity index (χ0) is 13.5. The van der Waals surface area contributed by atoms with Gasteiger partial charge in [-0.05, 0) is 31.5 Å². The van der Waals surface area contributed by atoms with E-state index in [1.54, 1.807) is 18.0 Å². The minimum Gasteiger partial charge on any atom is -0.381 e. The van der Waals surface area contributed by atoms with Crippen LogP contribution in [0.25, 0.3) is 0 Å². The molecule has 2 rings (SSSR count). The van der Waals surface area contributed by atoms with Crippen LogP contribution in [-0.2, 0) is 4.74 Å². The number of aromatic nitrogens is 1. The number of hydrogen-bond acceptors (Lipinski definition) is 4. The summed E-state index contributed by atoms with van der Waals surface area (Å²) >= 11 is 7.63. The summed E-state index contributed by atoms with van der Waals surface area (Å²) in [5.74, 6) is 1.66. The highest BCUT2D eigenvalue weighted by atomic mass is 35.5. The molecule has 2 atom stereocenters. The van der Waals surface area contributed by atoms with E-state index in [-0.39, 0.29) is 0 Å². The molecule has 19 heavy (non-hydrogen) atoms. The maximum atomic E-state index is 5.85. The normalized spacial score (nSPS) is 20.6. The third kappa shape index (κ3) is 4.95. The van der Waals surface area contributed by atoms with Crippen molar-refractivity contribution in [1.82, 2.24) is 10.3 Å². The SMILES string of the molecule is CCCNC(CSc1ccc(Cl)cn1)C1CCOC1. The third-order valence-electron chi connectivity index (χ3n) is 3.30. The Balaban J connectivity index is 1.86. The van der Waals surface area contributed by atoms with Gasteiger partial charge in [0.1, 0.15) is 0 Å². The zero-order valence-electron chi connectivity index (χ0n) is 11.3. The molecule has 1 N–H and O–H groups in total. The molecule has 106 valence electrons. The van der Waals surface area contributed by atoms with Crippen LogP contribution < -0.4 is 5.32 Å². The first-order valence-electron chi connectivity index (χ1n) is 6.85. The lowest BCUT2D eigenvalue weighted by Gasteiger charge is -2.23. The highest BCUT2D eigenvalue weighted by Gasteiger charge is 2.25. The van der Waals surface area contributed by atoms with Crippen molar-refractivity contribution in [2.45, 2.75) is 30.8 Å². The second-order valence-electron chi connectivity index (χ2n) is 4.81. The first kappa shape index (κ1) is 15.1. The summed E-state index contributed by atoms with van der Waals surface area (Å²) in [6.45, 7) is 5.05. The van der Waals surface area contributed by atoms with E-state index in [1.807, 2.05) is 12.1 Å². The van der Waals surface area contributed by atoms with Crippen LogP contribution in [0.4, 0.5) is 0 Å². The number of ether oxygens (including phenoxy) is 1. The molecule has 0 radical (unpaired) electrons. The van der Waals surface area contributed by atoms with E-state index in [1.165, 1.54) is 0 Å². The molecular weight excluding hydrogens is 280 g/mol. The van der Waals surface area contributed by atoms with Crippen molar-refractivity contribution in [3.63, 3.8) is 0 Å². The molecule has 1 aromatic rings. The lowest BCUT2D eigenvalue weighted by molar-refractivity contribution is 0.179. The van der Waals surface area contributed by atoms with Crippen LogP contribution in [0.2, 0.25) is 5.02 Å². The van der Waals surface area contributed by atoms with Crippen molar-refractivity contribution in [1.29, 1.82) is 0 Å². The lowest BCUT2D eigenvalue weighted by atomic mass is 10.0. The molecule has 1 saturated heterocycles. The van der Waals surface area contributed by atoms with Crippen molar-refractivity contribution < 1.29 is 4.74 Å². The summed E-state index contributed by atoms with van der Waals surface area (Å²) in [4.78, 5) is 4.33. The Labute approximate surface area is 124 Å². The molecular formula is C14H21ClN2OS. The van der Waals surface area contributed by atoms with Crippen LogP contribution in [0, 0.1) is 5.92 Å². The van der Waals surface area contributed by atoms with E-state index >= 15 is 0 Å². The van der Waals surface area contributed by atoms with Gasteiger partial charge in [0.05, 0.1) is 16.7 Å². The monoisotopic (exact) mass is 300 g/mol. The molecule has 0 spiro atoms. The van der Waals surface area contributed by atoms with Crippen LogP contribution in [0.15, 0.2) is 23.4 Å². The summed E-state index contributed by atoms with van der Waals surface area (Å²) in [5, 5.41) is 5.36. The first-order chi connectivity index (χ1) is 9.29. The molecule has 3 nitrogen and oxygen atoms in total.